The van der Waals surface area contributed by atoms with Crippen molar-refractivity contribution in [1.82, 2.24) is 10.9 Å². The van der Waals surface area contributed by atoms with Crippen LogP contribution in [0, 0.1) is 11.3 Å². The summed E-state index contributed by atoms with van der Waals surface area (Å²) in [6.07, 6.45) is 0.477. The van der Waals surface area contributed by atoms with Crippen molar-refractivity contribution in [3.8, 4) is 6.07 Å². The third-order valence-electron chi connectivity index (χ3n) is 6.29. The van der Waals surface area contributed by atoms with E-state index in [1.165, 1.54) is 24.3 Å². The van der Waals surface area contributed by atoms with Crippen LogP contribution < -0.4 is 16.2 Å². The molecular formula is C25H33ClN4O5SSi. The van der Waals surface area contributed by atoms with Crippen molar-refractivity contribution in [3.05, 3.63) is 58.6 Å². The minimum atomic E-state index is -3.40. The molecule has 2 aromatic carbocycles. The maximum Gasteiger partial charge on any atom is 0.269 e. The van der Waals surface area contributed by atoms with E-state index in [4.69, 9.17) is 21.3 Å². The maximum atomic E-state index is 13.2. The molecule has 2 atom stereocenters. The number of nitrogens with zero attached hydrogens (tertiary/aromatic N) is 1. The van der Waals surface area contributed by atoms with Gasteiger partial charge < -0.3 is 9.74 Å². The Morgan fingerprint density at radius 2 is 1.68 bits per heavy atom. The second-order valence-electron chi connectivity index (χ2n) is 10.3. The van der Waals surface area contributed by atoms with Crippen LogP contribution in [0.2, 0.25) is 23.2 Å². The number of carbonyl (C=O) groups excluding carboxylic acids is 2. The fraction of sp³-hybridized carbons (Fsp3) is 0.400. The summed E-state index contributed by atoms with van der Waals surface area (Å²) in [4.78, 5) is 25.9. The highest BCUT2D eigenvalue weighted by molar-refractivity contribution is 7.90. The van der Waals surface area contributed by atoms with Gasteiger partial charge in [-0.25, -0.2) is 8.42 Å². The molecule has 0 saturated carbocycles. The van der Waals surface area contributed by atoms with Gasteiger partial charge in [0, 0.05) is 17.5 Å². The summed E-state index contributed by atoms with van der Waals surface area (Å²) in [5.74, 6) is -1.18. The monoisotopic (exact) mass is 564 g/mol. The largest absolute Gasteiger partial charge is 0.412 e. The molecule has 0 aliphatic rings. The van der Waals surface area contributed by atoms with E-state index in [-0.39, 0.29) is 20.5 Å². The molecular weight excluding hydrogens is 532 g/mol. The SMILES string of the molecule is C[C@H](O[Si](C)(C)C(C)(C)C)C(Nc1ccc(C#N)c(Cl)c1)C(=O)NNC(=O)c1ccc(S(C)(=O)=O)cc1. The van der Waals surface area contributed by atoms with Crippen LogP contribution in [-0.2, 0) is 19.1 Å². The number of hydrogen-bond donors (Lipinski definition) is 3. The Bertz CT molecular complexity index is 1300. The average Bonchev–Trinajstić information content (AvgIpc) is 2.79. The summed E-state index contributed by atoms with van der Waals surface area (Å²) in [6, 6.07) is 11.1. The number of hydrogen-bond acceptors (Lipinski definition) is 7. The molecule has 2 aromatic rings. The van der Waals surface area contributed by atoms with Crippen molar-refractivity contribution in [2.45, 2.75) is 62.9 Å². The number of benzene rings is 2. The Kier molecular flexibility index (Phi) is 9.54. The Balaban J connectivity index is 2.24. The van der Waals surface area contributed by atoms with Gasteiger partial charge in [-0.15, -0.1) is 0 Å². The van der Waals surface area contributed by atoms with Gasteiger partial charge in [0.2, 0.25) is 0 Å². The number of nitrogens with one attached hydrogen (secondary N) is 3. The van der Waals surface area contributed by atoms with E-state index < -0.39 is 42.1 Å². The van der Waals surface area contributed by atoms with Gasteiger partial charge in [0.05, 0.1) is 21.6 Å². The lowest BCUT2D eigenvalue weighted by atomic mass is 10.1. The van der Waals surface area contributed by atoms with Gasteiger partial charge in [0.1, 0.15) is 12.1 Å². The third kappa shape index (κ3) is 8.03. The zero-order valence-corrected chi connectivity index (χ0v) is 24.5. The first-order valence-corrected chi connectivity index (χ1v) is 16.7. The second kappa shape index (κ2) is 11.6. The van der Waals surface area contributed by atoms with Gasteiger partial charge in [-0.1, -0.05) is 32.4 Å². The van der Waals surface area contributed by atoms with Crippen LogP contribution in [0.4, 0.5) is 5.69 Å². The van der Waals surface area contributed by atoms with Crippen molar-refractivity contribution in [2.75, 3.05) is 11.6 Å². The molecule has 0 bridgehead atoms. The molecule has 0 aromatic heterocycles. The highest BCUT2D eigenvalue weighted by Gasteiger charge is 2.41. The first kappa shape index (κ1) is 30.3. The predicted molar refractivity (Wildman–Crippen MR) is 146 cm³/mol. The van der Waals surface area contributed by atoms with Gasteiger partial charge >= 0.3 is 0 Å². The van der Waals surface area contributed by atoms with Crippen molar-refractivity contribution < 1.29 is 22.4 Å². The zero-order chi connectivity index (χ0) is 28.2. The smallest absolute Gasteiger partial charge is 0.269 e. The van der Waals surface area contributed by atoms with Crippen molar-refractivity contribution >= 4 is 47.3 Å². The van der Waals surface area contributed by atoms with Gasteiger partial charge in [0.15, 0.2) is 18.2 Å². The Hall–Kier alpha value is -2.91. The summed E-state index contributed by atoms with van der Waals surface area (Å²) in [7, 11) is -5.67. The van der Waals surface area contributed by atoms with E-state index in [0.29, 0.717) is 11.3 Å². The molecule has 12 heteroatoms. The number of halogens is 1. The van der Waals surface area contributed by atoms with Gasteiger partial charge in [-0.2, -0.15) is 5.26 Å². The average molecular weight is 565 g/mol. The molecule has 2 amide bonds. The van der Waals surface area contributed by atoms with Crippen molar-refractivity contribution in [2.24, 2.45) is 0 Å². The number of amides is 2. The molecule has 0 heterocycles. The molecule has 2 rings (SSSR count). The highest BCUT2D eigenvalue weighted by atomic mass is 35.5. The summed E-state index contributed by atoms with van der Waals surface area (Å²) >= 11 is 6.17. The summed E-state index contributed by atoms with van der Waals surface area (Å²) in [5.41, 5.74) is 5.74. The molecule has 1 unspecified atom stereocenters. The molecule has 200 valence electrons. The van der Waals surface area contributed by atoms with E-state index in [1.54, 1.807) is 25.1 Å². The minimum Gasteiger partial charge on any atom is -0.412 e. The van der Waals surface area contributed by atoms with E-state index >= 15 is 0 Å². The lowest BCUT2D eigenvalue weighted by Crippen LogP contribution is -2.55. The van der Waals surface area contributed by atoms with E-state index in [0.717, 1.165) is 6.26 Å². The predicted octanol–water partition coefficient (Wildman–Crippen LogP) is 4.27. The summed E-state index contributed by atoms with van der Waals surface area (Å²) in [5, 5.41) is 12.4. The van der Waals surface area contributed by atoms with Crippen molar-refractivity contribution in [3.63, 3.8) is 0 Å². The molecule has 0 radical (unpaired) electrons. The normalized spacial score (nSPS) is 13.7. The molecule has 0 spiro atoms. The lowest BCUT2D eigenvalue weighted by Gasteiger charge is -2.40. The van der Waals surface area contributed by atoms with Gasteiger partial charge in [-0.3, -0.25) is 20.4 Å². The van der Waals surface area contributed by atoms with Crippen LogP contribution >= 0.6 is 11.6 Å². The number of rotatable bonds is 8. The zero-order valence-electron chi connectivity index (χ0n) is 22.0. The molecule has 0 aliphatic carbocycles. The Labute approximate surface area is 224 Å². The van der Waals surface area contributed by atoms with Crippen LogP contribution in [0.15, 0.2) is 47.4 Å². The second-order valence-corrected chi connectivity index (χ2v) is 17.4. The van der Waals surface area contributed by atoms with E-state index in [9.17, 15) is 18.0 Å². The molecule has 0 saturated heterocycles. The van der Waals surface area contributed by atoms with E-state index in [2.05, 4.69) is 50.0 Å². The molecule has 0 fully saturated rings. The van der Waals surface area contributed by atoms with Gasteiger partial charge in [-0.05, 0) is 67.5 Å². The van der Waals surface area contributed by atoms with Crippen LogP contribution in [-0.4, -0.2) is 47.0 Å². The quantitative estimate of drug-likeness (QED) is 0.321. The number of nitriles is 1. The molecule has 3 N–H and O–H groups in total. The standard InChI is InChI=1S/C25H33ClN4O5SSi/c1-16(35-37(6,7)25(2,3)4)22(28-19-11-8-18(15-27)21(26)14-19)24(32)30-29-23(31)17-9-12-20(13-10-17)36(5,33)34/h8-14,16,22,28H,1-7H3,(H,29,31)(H,30,32)/t16-,22?/m0/s1. The number of carbonyl (C=O) groups is 2. The topological polar surface area (TPSA) is 137 Å². The van der Waals surface area contributed by atoms with Crippen LogP contribution in [0.5, 0.6) is 0 Å². The first-order valence-electron chi connectivity index (χ1n) is 11.5. The van der Waals surface area contributed by atoms with Crippen molar-refractivity contribution in [1.29, 1.82) is 5.26 Å². The highest BCUT2D eigenvalue weighted by Crippen LogP contribution is 2.37. The summed E-state index contributed by atoms with van der Waals surface area (Å²) < 4.78 is 29.7. The van der Waals surface area contributed by atoms with Gasteiger partial charge in [0.25, 0.3) is 11.8 Å². The molecule has 37 heavy (non-hydrogen) atoms. The number of hydrazine groups is 1. The first-order chi connectivity index (χ1) is 17.0. The number of sulfone groups is 1. The number of anilines is 1. The molecule has 0 aliphatic heterocycles. The van der Waals surface area contributed by atoms with E-state index in [1.807, 2.05) is 6.07 Å². The molecule has 9 nitrogen and oxygen atoms in total. The lowest BCUT2D eigenvalue weighted by molar-refractivity contribution is -0.124. The fourth-order valence-corrected chi connectivity index (χ4v) is 5.37. The minimum absolute atomic E-state index is 0.0787. The third-order valence-corrected chi connectivity index (χ3v) is 12.3. The fourth-order valence-electron chi connectivity index (χ4n) is 3.10. The maximum absolute atomic E-state index is 13.2. The van der Waals surface area contributed by atoms with Crippen LogP contribution in [0.25, 0.3) is 0 Å². The Morgan fingerprint density at radius 1 is 1.08 bits per heavy atom. The van der Waals surface area contributed by atoms with Crippen LogP contribution in [0.1, 0.15) is 43.6 Å². The summed E-state index contributed by atoms with van der Waals surface area (Å²) in [6.45, 7) is 12.2. The Morgan fingerprint density at radius 3 is 2.16 bits per heavy atom. The van der Waals surface area contributed by atoms with Crippen LogP contribution in [0.3, 0.4) is 0 Å².